The van der Waals surface area contributed by atoms with Crippen LogP contribution in [0.4, 0.5) is 4.39 Å². The number of hydrogen-bond donors (Lipinski definition) is 0. The molecule has 0 saturated heterocycles. The van der Waals surface area contributed by atoms with Crippen LogP contribution in [-0.4, -0.2) is 24.9 Å². The van der Waals surface area contributed by atoms with E-state index in [2.05, 4.69) is 38.8 Å². The normalized spacial score (nSPS) is 23.4. The Morgan fingerprint density at radius 3 is 2.79 bits per heavy atom. The molecule has 0 amide bonds. The lowest BCUT2D eigenvalue weighted by Crippen LogP contribution is -2.24. The lowest BCUT2D eigenvalue weighted by Gasteiger charge is -2.30. The molecule has 2 aromatic heterocycles. The molecule has 2 bridgehead atoms. The van der Waals surface area contributed by atoms with Crippen molar-refractivity contribution in [2.45, 2.75) is 82.4 Å². The summed E-state index contributed by atoms with van der Waals surface area (Å²) < 4.78 is 27.7. The number of fused-ring (bicyclic) bond motifs is 2. The molecule has 1 aromatic carbocycles. The third kappa shape index (κ3) is 4.72. The van der Waals surface area contributed by atoms with Crippen molar-refractivity contribution in [1.82, 2.24) is 24.9 Å². The number of aryl methyl sites for hydroxylation is 1. The second-order valence-corrected chi connectivity index (χ2v) is 10.9. The Morgan fingerprint density at radius 2 is 2.06 bits per heavy atom. The first kappa shape index (κ1) is 23.3. The minimum Gasteiger partial charge on any atom is -0.483 e. The zero-order valence-electron chi connectivity index (χ0n) is 20.0. The van der Waals surface area contributed by atoms with E-state index in [1.807, 2.05) is 6.92 Å². The molecule has 5 unspecified atom stereocenters. The Hall–Kier alpha value is -2.42. The van der Waals surface area contributed by atoms with Crippen LogP contribution in [0.25, 0.3) is 0 Å². The van der Waals surface area contributed by atoms with E-state index in [1.54, 1.807) is 30.0 Å². The van der Waals surface area contributed by atoms with E-state index in [0.717, 1.165) is 35.7 Å². The molecule has 2 aliphatic carbocycles. The number of ether oxygens (including phenoxy) is 1. The van der Waals surface area contributed by atoms with E-state index in [0.29, 0.717) is 17.6 Å². The zero-order chi connectivity index (χ0) is 23.7. The van der Waals surface area contributed by atoms with Gasteiger partial charge in [-0.2, -0.15) is 4.98 Å². The van der Waals surface area contributed by atoms with Crippen molar-refractivity contribution in [3.63, 3.8) is 0 Å². The first-order valence-electron chi connectivity index (χ1n) is 12.3. The van der Waals surface area contributed by atoms with E-state index in [1.165, 1.54) is 31.7 Å². The molecule has 34 heavy (non-hydrogen) atoms. The first-order chi connectivity index (χ1) is 16.5. The molecule has 2 heterocycles. The molecule has 0 spiro atoms. The van der Waals surface area contributed by atoms with Crippen molar-refractivity contribution in [3.05, 3.63) is 47.6 Å². The third-order valence-electron chi connectivity index (χ3n) is 7.34. The molecule has 2 fully saturated rings. The van der Waals surface area contributed by atoms with Gasteiger partial charge in [-0.25, -0.2) is 4.39 Å². The number of benzene rings is 1. The summed E-state index contributed by atoms with van der Waals surface area (Å²) in [5, 5.41) is 13.8. The predicted molar refractivity (Wildman–Crippen MR) is 127 cm³/mol. The lowest BCUT2D eigenvalue weighted by molar-refractivity contribution is 0.215. The summed E-state index contributed by atoms with van der Waals surface area (Å²) in [7, 11) is 0. The van der Waals surface area contributed by atoms with E-state index in [-0.39, 0.29) is 29.5 Å². The van der Waals surface area contributed by atoms with Gasteiger partial charge >= 0.3 is 0 Å². The Bertz CT molecular complexity index is 1120. The van der Waals surface area contributed by atoms with Gasteiger partial charge in [0.05, 0.1) is 5.25 Å². The molecule has 7 nitrogen and oxygen atoms in total. The fourth-order valence-electron chi connectivity index (χ4n) is 5.64. The van der Waals surface area contributed by atoms with Crippen LogP contribution in [0, 0.1) is 23.6 Å². The highest BCUT2D eigenvalue weighted by molar-refractivity contribution is 7.99. The number of halogens is 1. The Balaban J connectivity index is 1.39. The lowest BCUT2D eigenvalue weighted by atomic mass is 9.84. The van der Waals surface area contributed by atoms with E-state index in [4.69, 9.17) is 9.26 Å². The summed E-state index contributed by atoms with van der Waals surface area (Å²) in [4.78, 5) is 4.55. The van der Waals surface area contributed by atoms with Crippen LogP contribution in [0.2, 0.25) is 0 Å². The highest BCUT2D eigenvalue weighted by atomic mass is 32.2. The largest absolute Gasteiger partial charge is 0.483 e. The summed E-state index contributed by atoms with van der Waals surface area (Å²) >= 11 is 1.57. The molecule has 5 rings (SSSR count). The maximum Gasteiger partial charge on any atom is 0.239 e. The fraction of sp³-hybridized carbons (Fsp3) is 0.600. The van der Waals surface area contributed by atoms with E-state index < -0.39 is 0 Å². The molecule has 9 heteroatoms. The zero-order valence-corrected chi connectivity index (χ0v) is 20.8. The second-order valence-electron chi connectivity index (χ2n) is 9.63. The Kier molecular flexibility index (Phi) is 6.90. The van der Waals surface area contributed by atoms with E-state index in [9.17, 15) is 4.39 Å². The SMILES string of the molecule is CCCc1noc(C(C)Sc2nnc(COc3ccccc3F)n2C(C)C2CC3CCC2C3)n1. The number of rotatable bonds is 10. The molecular formula is C25H32FN5O2S. The molecule has 2 aliphatic rings. The summed E-state index contributed by atoms with van der Waals surface area (Å²) in [6, 6.07) is 6.69. The number of aromatic nitrogens is 5. The van der Waals surface area contributed by atoms with Crippen molar-refractivity contribution in [2.24, 2.45) is 17.8 Å². The average molecular weight is 486 g/mol. The monoisotopic (exact) mass is 485 g/mol. The highest BCUT2D eigenvalue weighted by Crippen LogP contribution is 2.52. The second kappa shape index (κ2) is 10.1. The van der Waals surface area contributed by atoms with Crippen LogP contribution < -0.4 is 4.74 Å². The number of hydrogen-bond acceptors (Lipinski definition) is 7. The van der Waals surface area contributed by atoms with Crippen molar-refractivity contribution in [2.75, 3.05) is 0 Å². The van der Waals surface area contributed by atoms with Crippen LogP contribution in [0.5, 0.6) is 5.75 Å². The van der Waals surface area contributed by atoms with Crippen LogP contribution >= 0.6 is 11.8 Å². The summed E-state index contributed by atoms with van der Waals surface area (Å²) in [6.45, 7) is 6.57. The van der Waals surface area contributed by atoms with Gasteiger partial charge in [0.1, 0.15) is 6.61 Å². The van der Waals surface area contributed by atoms with Gasteiger partial charge in [0.15, 0.2) is 28.4 Å². The molecule has 0 N–H and O–H groups in total. The van der Waals surface area contributed by atoms with Gasteiger partial charge in [0.2, 0.25) is 5.89 Å². The Labute approximate surface area is 203 Å². The standard InChI is InChI=1S/C25H32FN5O2S/c1-4-7-22-27-24(33-30-22)16(3)34-25-29-28-23(14-32-21-9-6-5-8-20(21)26)31(25)15(2)19-13-17-10-11-18(19)12-17/h5-6,8-9,15-19H,4,7,10-14H2,1-3H3. The van der Waals surface area contributed by atoms with Gasteiger partial charge < -0.3 is 9.26 Å². The van der Waals surface area contributed by atoms with Crippen molar-refractivity contribution in [3.8, 4) is 5.75 Å². The van der Waals surface area contributed by atoms with Gasteiger partial charge in [0, 0.05) is 12.5 Å². The van der Waals surface area contributed by atoms with Gasteiger partial charge in [-0.1, -0.05) is 42.4 Å². The summed E-state index contributed by atoms with van der Waals surface area (Å²) in [5.41, 5.74) is 0. The van der Waals surface area contributed by atoms with Crippen LogP contribution in [0.15, 0.2) is 33.9 Å². The maximum absolute atomic E-state index is 14.1. The fourth-order valence-corrected chi connectivity index (χ4v) is 6.63. The quantitative estimate of drug-likeness (QED) is 0.317. The van der Waals surface area contributed by atoms with Crippen molar-refractivity contribution in [1.29, 1.82) is 0 Å². The molecule has 2 saturated carbocycles. The summed E-state index contributed by atoms with van der Waals surface area (Å²) in [5.74, 6) is 4.09. The minimum absolute atomic E-state index is 0.0615. The first-order valence-corrected chi connectivity index (χ1v) is 13.2. The highest BCUT2D eigenvalue weighted by Gasteiger charge is 2.43. The topological polar surface area (TPSA) is 78.9 Å². The van der Waals surface area contributed by atoms with Crippen LogP contribution in [0.1, 0.15) is 81.7 Å². The number of nitrogens with zero attached hydrogens (tertiary/aromatic N) is 5. The minimum atomic E-state index is -0.378. The van der Waals surface area contributed by atoms with Crippen molar-refractivity contribution < 1.29 is 13.7 Å². The van der Waals surface area contributed by atoms with Gasteiger partial charge in [0.25, 0.3) is 0 Å². The van der Waals surface area contributed by atoms with Gasteiger partial charge in [-0.3, -0.25) is 4.57 Å². The molecule has 0 aliphatic heterocycles. The Morgan fingerprint density at radius 1 is 1.21 bits per heavy atom. The molecular weight excluding hydrogens is 453 g/mol. The predicted octanol–water partition coefficient (Wildman–Crippen LogP) is 6.18. The molecule has 182 valence electrons. The van der Waals surface area contributed by atoms with Crippen LogP contribution in [-0.2, 0) is 13.0 Å². The third-order valence-corrected chi connectivity index (χ3v) is 8.38. The smallest absolute Gasteiger partial charge is 0.239 e. The summed E-state index contributed by atoms with van der Waals surface area (Å²) in [6.07, 6.45) is 7.02. The van der Waals surface area contributed by atoms with Crippen LogP contribution in [0.3, 0.4) is 0 Å². The molecule has 3 aromatic rings. The van der Waals surface area contributed by atoms with Crippen molar-refractivity contribution >= 4 is 11.8 Å². The molecule has 5 atom stereocenters. The van der Waals surface area contributed by atoms with E-state index >= 15 is 0 Å². The average Bonchev–Trinajstić information content (AvgIpc) is 3.63. The number of thioether (sulfide) groups is 1. The molecule has 0 radical (unpaired) electrons. The number of para-hydroxylation sites is 1. The maximum atomic E-state index is 14.1. The van der Waals surface area contributed by atoms with Gasteiger partial charge in [-0.15, -0.1) is 10.2 Å². The van der Waals surface area contributed by atoms with Gasteiger partial charge in [-0.05, 0) is 69.4 Å².